The van der Waals surface area contributed by atoms with Crippen LogP contribution in [0.25, 0.3) is 0 Å². The zero-order valence-electron chi connectivity index (χ0n) is 5.70. The van der Waals surface area contributed by atoms with Crippen molar-refractivity contribution in [3.8, 4) is 0 Å². The maximum atomic E-state index is 8.58. The lowest BCUT2D eigenvalue weighted by molar-refractivity contribution is 0.615. The Balaban J connectivity index is 2.87. The highest BCUT2D eigenvalue weighted by Crippen LogP contribution is 1.94. The van der Waals surface area contributed by atoms with Crippen LogP contribution in [0.1, 0.15) is 0 Å². The van der Waals surface area contributed by atoms with E-state index in [4.69, 9.17) is 5.02 Å². The Morgan fingerprint density at radius 3 is 3.10 bits per heavy atom. The largest absolute Gasteiger partial charge is 0.450 e. The molecule has 0 aromatic carbocycles. The predicted molar refractivity (Wildman–Crippen MR) is 41.4 cm³/mol. The van der Waals surface area contributed by atoms with E-state index in [0.29, 0.717) is 0 Å². The highest BCUT2D eigenvalue weighted by molar-refractivity contribution is 6.45. The summed E-state index contributed by atoms with van der Waals surface area (Å²) in [5.41, 5.74) is 0.749. The summed E-state index contributed by atoms with van der Waals surface area (Å²) in [6.07, 6.45) is 1.63. The van der Waals surface area contributed by atoms with Gasteiger partial charge < -0.3 is 10.3 Å². The first-order valence-corrected chi connectivity index (χ1v) is 2.98. The summed E-state index contributed by atoms with van der Waals surface area (Å²) < 4.78 is 0. The molecule has 0 saturated carbocycles. The molecule has 0 aliphatic rings. The Kier molecular flexibility index (Phi) is 2.28. The van der Waals surface area contributed by atoms with E-state index in [2.05, 4.69) is 10.3 Å². The maximum absolute atomic E-state index is 8.58. The minimum Gasteiger partial charge on any atom is -0.450 e. The van der Waals surface area contributed by atoms with Crippen molar-refractivity contribution in [3.05, 3.63) is 18.3 Å². The number of pyridine rings is 1. The third kappa shape index (κ3) is 1.48. The quantitative estimate of drug-likeness (QED) is 0.530. The van der Waals surface area contributed by atoms with Gasteiger partial charge in [-0.05, 0) is 17.6 Å². The van der Waals surface area contributed by atoms with Crippen molar-refractivity contribution in [2.75, 3.05) is 12.4 Å². The average Bonchev–Trinajstić information content (AvgIpc) is 2.05. The number of nitrogens with one attached hydrogen (secondary N) is 1. The minimum atomic E-state index is 0.749. The van der Waals surface area contributed by atoms with E-state index in [0.717, 1.165) is 18.8 Å². The van der Waals surface area contributed by atoms with Crippen molar-refractivity contribution in [2.45, 2.75) is 0 Å². The van der Waals surface area contributed by atoms with Crippen molar-refractivity contribution >= 4 is 18.8 Å². The van der Waals surface area contributed by atoms with Crippen LogP contribution in [0.2, 0.25) is 0 Å². The molecular weight excluding hydrogens is 127 g/mol. The molecule has 0 atom stereocenters. The van der Waals surface area contributed by atoms with E-state index >= 15 is 0 Å². The standard InChI is InChI=1S/C6H8BN2O/c1-8-6-4-5(7-10)2-3-9-6/h2-4,10H,1H3,(H,8,9). The van der Waals surface area contributed by atoms with Crippen molar-refractivity contribution in [2.24, 2.45) is 0 Å². The predicted octanol–water partition coefficient (Wildman–Crippen LogP) is -0.640. The van der Waals surface area contributed by atoms with Crippen molar-refractivity contribution < 1.29 is 5.02 Å². The molecule has 1 radical (unpaired) electrons. The van der Waals surface area contributed by atoms with Crippen LogP contribution in [0.3, 0.4) is 0 Å². The molecule has 2 N–H and O–H groups in total. The smallest absolute Gasteiger partial charge is 0.326 e. The highest BCUT2D eigenvalue weighted by atomic mass is 16.2. The number of nitrogens with zero attached hydrogens (tertiary/aromatic N) is 1. The Morgan fingerprint density at radius 2 is 2.50 bits per heavy atom. The van der Waals surface area contributed by atoms with E-state index < -0.39 is 0 Å². The molecule has 0 unspecified atom stereocenters. The van der Waals surface area contributed by atoms with Crippen LogP contribution < -0.4 is 10.8 Å². The highest BCUT2D eigenvalue weighted by Gasteiger charge is 1.93. The molecule has 3 nitrogen and oxygen atoms in total. The Labute approximate surface area is 60.4 Å². The average molecular weight is 135 g/mol. The second-order valence-corrected chi connectivity index (χ2v) is 1.85. The first-order chi connectivity index (χ1) is 4.86. The SMILES string of the molecule is CNc1cc([B]O)ccn1. The zero-order chi connectivity index (χ0) is 7.40. The summed E-state index contributed by atoms with van der Waals surface area (Å²) in [6, 6.07) is 3.47. The van der Waals surface area contributed by atoms with Gasteiger partial charge >= 0.3 is 7.48 Å². The summed E-state index contributed by atoms with van der Waals surface area (Å²) >= 11 is 0. The summed E-state index contributed by atoms with van der Waals surface area (Å²) in [5.74, 6) is 0.753. The fraction of sp³-hybridized carbons (Fsp3) is 0.167. The Morgan fingerprint density at radius 1 is 1.70 bits per heavy atom. The van der Waals surface area contributed by atoms with Gasteiger partial charge in [0, 0.05) is 13.2 Å². The number of rotatable bonds is 2. The summed E-state index contributed by atoms with van der Waals surface area (Å²) in [7, 11) is 2.83. The van der Waals surface area contributed by atoms with Gasteiger partial charge in [-0.1, -0.05) is 0 Å². The maximum Gasteiger partial charge on any atom is 0.326 e. The van der Waals surface area contributed by atoms with Gasteiger partial charge in [-0.2, -0.15) is 0 Å². The normalized spacial score (nSPS) is 9.00. The molecule has 1 aromatic heterocycles. The second-order valence-electron chi connectivity index (χ2n) is 1.85. The monoisotopic (exact) mass is 135 g/mol. The first-order valence-electron chi connectivity index (χ1n) is 2.98. The third-order valence-electron chi connectivity index (χ3n) is 1.19. The lowest BCUT2D eigenvalue weighted by Gasteiger charge is -1.98. The van der Waals surface area contributed by atoms with Crippen LogP contribution in [-0.2, 0) is 0 Å². The molecule has 4 heteroatoms. The van der Waals surface area contributed by atoms with Crippen molar-refractivity contribution in [1.82, 2.24) is 4.98 Å². The summed E-state index contributed by atoms with van der Waals surface area (Å²) in [4.78, 5) is 3.96. The molecular formula is C6H8BN2O. The molecule has 1 aromatic rings. The van der Waals surface area contributed by atoms with Crippen LogP contribution >= 0.6 is 0 Å². The molecule has 51 valence electrons. The van der Waals surface area contributed by atoms with E-state index in [-0.39, 0.29) is 0 Å². The molecule has 0 aliphatic heterocycles. The third-order valence-corrected chi connectivity index (χ3v) is 1.19. The van der Waals surface area contributed by atoms with Crippen LogP contribution in [-0.4, -0.2) is 24.5 Å². The van der Waals surface area contributed by atoms with Gasteiger partial charge in [0.05, 0.1) is 0 Å². The minimum absolute atomic E-state index is 0.749. The molecule has 10 heavy (non-hydrogen) atoms. The lowest BCUT2D eigenvalue weighted by Crippen LogP contribution is -2.13. The van der Waals surface area contributed by atoms with Gasteiger partial charge in [0.1, 0.15) is 5.82 Å². The number of aromatic nitrogens is 1. The topological polar surface area (TPSA) is 45.1 Å². The molecule has 0 fully saturated rings. The van der Waals surface area contributed by atoms with Crippen molar-refractivity contribution in [3.63, 3.8) is 0 Å². The van der Waals surface area contributed by atoms with E-state index in [9.17, 15) is 0 Å². The van der Waals surface area contributed by atoms with Crippen LogP contribution in [0, 0.1) is 0 Å². The van der Waals surface area contributed by atoms with Gasteiger partial charge in [0.25, 0.3) is 0 Å². The zero-order valence-corrected chi connectivity index (χ0v) is 5.70. The van der Waals surface area contributed by atoms with Gasteiger partial charge in [-0.3, -0.25) is 0 Å². The molecule has 1 rings (SSSR count). The first kappa shape index (κ1) is 7.09. The van der Waals surface area contributed by atoms with E-state index in [1.165, 1.54) is 0 Å². The molecule has 0 bridgehead atoms. The Hall–Kier alpha value is -1.03. The van der Waals surface area contributed by atoms with Gasteiger partial charge in [-0.15, -0.1) is 0 Å². The van der Waals surface area contributed by atoms with Crippen LogP contribution in [0.4, 0.5) is 5.82 Å². The van der Waals surface area contributed by atoms with Crippen LogP contribution in [0.15, 0.2) is 18.3 Å². The fourth-order valence-electron chi connectivity index (χ4n) is 0.664. The van der Waals surface area contributed by atoms with Crippen molar-refractivity contribution in [1.29, 1.82) is 0 Å². The Bertz CT molecular complexity index is 197. The molecule has 0 spiro atoms. The summed E-state index contributed by atoms with van der Waals surface area (Å²) in [5, 5.41) is 11.4. The molecule has 1 heterocycles. The number of hydrogen-bond donors (Lipinski definition) is 2. The second kappa shape index (κ2) is 3.22. The van der Waals surface area contributed by atoms with E-state index in [1.807, 2.05) is 0 Å². The fourth-order valence-corrected chi connectivity index (χ4v) is 0.664. The molecule has 0 aliphatic carbocycles. The number of hydrogen-bond acceptors (Lipinski definition) is 3. The van der Waals surface area contributed by atoms with Crippen LogP contribution in [0.5, 0.6) is 0 Å². The summed E-state index contributed by atoms with van der Waals surface area (Å²) in [6.45, 7) is 0. The molecule has 0 amide bonds. The van der Waals surface area contributed by atoms with Gasteiger partial charge in [0.2, 0.25) is 0 Å². The van der Waals surface area contributed by atoms with E-state index in [1.54, 1.807) is 25.4 Å². The lowest BCUT2D eigenvalue weighted by atomic mass is 9.90. The van der Waals surface area contributed by atoms with Gasteiger partial charge in [-0.25, -0.2) is 4.98 Å². The molecule has 0 saturated heterocycles. The number of anilines is 1. The van der Waals surface area contributed by atoms with Gasteiger partial charge in [0.15, 0.2) is 0 Å².